The molecule has 2 aromatic rings. The number of carbonyl (C=O) groups excluding carboxylic acids is 1. The molecule has 1 saturated heterocycles. The van der Waals surface area contributed by atoms with Crippen LogP contribution in [0.4, 0.5) is 18.9 Å². The Morgan fingerprint density at radius 1 is 1.14 bits per heavy atom. The second kappa shape index (κ2) is 9.57. The van der Waals surface area contributed by atoms with Crippen molar-refractivity contribution in [2.75, 3.05) is 39.1 Å². The van der Waals surface area contributed by atoms with Crippen molar-refractivity contribution in [2.24, 2.45) is 11.8 Å². The average Bonchev–Trinajstić information content (AvgIpc) is 3.71. The number of ether oxygens (including phenoxy) is 1. The van der Waals surface area contributed by atoms with Crippen LogP contribution in [0.3, 0.4) is 0 Å². The number of rotatable bonds is 4. The van der Waals surface area contributed by atoms with E-state index in [2.05, 4.69) is 21.6 Å². The number of anilines is 1. The van der Waals surface area contributed by atoms with Gasteiger partial charge in [0.2, 0.25) is 0 Å². The highest BCUT2D eigenvalue weighted by molar-refractivity contribution is 5.94. The van der Waals surface area contributed by atoms with E-state index in [4.69, 9.17) is 4.74 Å². The molecule has 222 valence electrons. The Morgan fingerprint density at radius 3 is 2.55 bits per heavy atom. The standard InChI is InChI=1S/C33H36F3N3O3/c1-37(2)25-17-27(40)30-29-22(25)16-26-23-11-12-24(31(42-30)32(23,29)14-15-39(26)18-20-4-5-20)38(3)28(41)13-8-19-6-9-21(10-7-19)33(34,35)36/h6-7,9-10,17,20,23-24,26,31,40H,4-5,11-12,14-16,18H2,1-3H3/t23-,24+,26+,31-,32-/m0/s1. The van der Waals surface area contributed by atoms with Crippen molar-refractivity contribution < 1.29 is 27.8 Å². The Balaban J connectivity index is 1.22. The third-order valence-electron chi connectivity index (χ3n) is 10.5. The van der Waals surface area contributed by atoms with Crippen molar-refractivity contribution in [3.63, 3.8) is 0 Å². The Bertz CT molecular complexity index is 1490. The van der Waals surface area contributed by atoms with E-state index in [9.17, 15) is 23.1 Å². The van der Waals surface area contributed by atoms with Gasteiger partial charge in [-0.25, -0.2) is 0 Å². The number of halogens is 3. The van der Waals surface area contributed by atoms with Gasteiger partial charge in [-0.1, -0.05) is 5.92 Å². The third-order valence-corrected chi connectivity index (χ3v) is 10.5. The molecule has 5 aliphatic rings. The minimum atomic E-state index is -4.42. The number of phenolic OH excluding ortho intramolecular Hbond substituents is 1. The van der Waals surface area contributed by atoms with E-state index in [1.165, 1.54) is 30.5 Å². The molecule has 42 heavy (non-hydrogen) atoms. The highest BCUT2D eigenvalue weighted by atomic mass is 19.4. The second-order valence-corrected chi connectivity index (χ2v) is 13.0. The van der Waals surface area contributed by atoms with E-state index in [0.29, 0.717) is 23.3 Å². The first-order valence-electron chi connectivity index (χ1n) is 14.9. The molecule has 7 rings (SSSR count). The molecule has 1 N–H and O–H groups in total. The van der Waals surface area contributed by atoms with E-state index in [-0.39, 0.29) is 23.3 Å². The Kier molecular flexibility index (Phi) is 6.25. The second-order valence-electron chi connectivity index (χ2n) is 13.0. The lowest BCUT2D eigenvalue weighted by Gasteiger charge is -2.60. The summed E-state index contributed by atoms with van der Waals surface area (Å²) < 4.78 is 45.5. The molecule has 9 heteroatoms. The van der Waals surface area contributed by atoms with Gasteiger partial charge >= 0.3 is 6.18 Å². The molecule has 0 unspecified atom stereocenters. The average molecular weight is 580 g/mol. The highest BCUT2D eigenvalue weighted by Gasteiger charge is 2.67. The first-order valence-corrected chi connectivity index (χ1v) is 14.9. The fraction of sp³-hybridized carbons (Fsp3) is 0.545. The van der Waals surface area contributed by atoms with Gasteiger partial charge in [-0.15, -0.1) is 0 Å². The lowest BCUT2D eigenvalue weighted by molar-refractivity contribution is -0.137. The predicted octanol–water partition coefficient (Wildman–Crippen LogP) is 4.80. The van der Waals surface area contributed by atoms with Crippen molar-refractivity contribution in [1.82, 2.24) is 9.80 Å². The van der Waals surface area contributed by atoms with Crippen LogP contribution < -0.4 is 9.64 Å². The van der Waals surface area contributed by atoms with Gasteiger partial charge in [-0.05, 0) is 86.7 Å². The zero-order valence-electron chi connectivity index (χ0n) is 24.2. The molecule has 2 aromatic carbocycles. The summed E-state index contributed by atoms with van der Waals surface area (Å²) in [4.78, 5) is 19.8. The van der Waals surface area contributed by atoms with Gasteiger partial charge in [0.1, 0.15) is 6.10 Å². The maximum absolute atomic E-state index is 13.4. The van der Waals surface area contributed by atoms with Crippen LogP contribution in [-0.4, -0.2) is 73.2 Å². The number of piperidine rings is 1. The summed E-state index contributed by atoms with van der Waals surface area (Å²) in [5.41, 5.74) is 2.73. The fourth-order valence-corrected chi connectivity index (χ4v) is 8.42. The van der Waals surface area contributed by atoms with Crippen LogP contribution in [0.1, 0.15) is 54.4 Å². The molecule has 1 amide bonds. The molecule has 5 atom stereocenters. The van der Waals surface area contributed by atoms with Gasteiger partial charge in [0, 0.05) is 67.9 Å². The molecule has 0 radical (unpaired) electrons. The molecule has 3 fully saturated rings. The summed E-state index contributed by atoms with van der Waals surface area (Å²) in [5.74, 6) is 6.89. The maximum Gasteiger partial charge on any atom is 0.416 e. The molecule has 3 aliphatic carbocycles. The van der Waals surface area contributed by atoms with Crippen molar-refractivity contribution in [3.05, 3.63) is 52.6 Å². The van der Waals surface area contributed by atoms with Crippen LogP contribution in [0.25, 0.3) is 0 Å². The summed E-state index contributed by atoms with van der Waals surface area (Å²) in [6.45, 7) is 2.11. The van der Waals surface area contributed by atoms with Gasteiger partial charge in [0.25, 0.3) is 5.91 Å². The third kappa shape index (κ3) is 4.16. The smallest absolute Gasteiger partial charge is 0.416 e. The van der Waals surface area contributed by atoms with Crippen molar-refractivity contribution in [1.29, 1.82) is 0 Å². The number of phenols is 1. The monoisotopic (exact) mass is 579 g/mol. The largest absolute Gasteiger partial charge is 0.504 e. The predicted molar refractivity (Wildman–Crippen MR) is 153 cm³/mol. The highest BCUT2D eigenvalue weighted by Crippen LogP contribution is 2.65. The number of likely N-dealkylation sites (N-methyl/N-ethyl adjacent to an activating group) is 1. The Hall–Kier alpha value is -3.38. The van der Waals surface area contributed by atoms with Crippen LogP contribution in [0.2, 0.25) is 0 Å². The first-order chi connectivity index (χ1) is 20.0. The Morgan fingerprint density at radius 2 is 1.88 bits per heavy atom. The number of carbonyl (C=O) groups is 1. The molecule has 2 aliphatic heterocycles. The molecule has 2 heterocycles. The fourth-order valence-electron chi connectivity index (χ4n) is 8.42. The van der Waals surface area contributed by atoms with Crippen LogP contribution in [0.5, 0.6) is 11.5 Å². The van der Waals surface area contributed by atoms with E-state index in [1.807, 2.05) is 20.2 Å². The normalized spacial score (nSPS) is 29.2. The number of alkyl halides is 3. The summed E-state index contributed by atoms with van der Waals surface area (Å²) in [5, 5.41) is 11.2. The number of hydrogen-bond acceptors (Lipinski definition) is 5. The summed E-state index contributed by atoms with van der Waals surface area (Å²) in [6, 6.07) is 6.50. The minimum Gasteiger partial charge on any atom is -0.504 e. The minimum absolute atomic E-state index is 0.147. The zero-order chi connectivity index (χ0) is 29.6. The van der Waals surface area contributed by atoms with Gasteiger partial charge < -0.3 is 19.6 Å². The summed E-state index contributed by atoms with van der Waals surface area (Å²) in [6.07, 6.45) is 1.45. The van der Waals surface area contributed by atoms with Crippen molar-refractivity contribution in [2.45, 2.75) is 68.3 Å². The quantitative estimate of drug-likeness (QED) is 0.528. The van der Waals surface area contributed by atoms with E-state index < -0.39 is 17.6 Å². The first kappa shape index (κ1) is 27.5. The van der Waals surface area contributed by atoms with Crippen molar-refractivity contribution in [3.8, 4) is 23.3 Å². The SMILES string of the molecule is CN(C)c1cc(O)c2c3c1C[C@@H]1[C@@H]4CC[C@@H](N(C)C(=O)C#Cc5ccc(C(F)(F)F)cc5)[C@H](O2)[C@]34CCN1CC1CC1. The van der Waals surface area contributed by atoms with Crippen molar-refractivity contribution >= 4 is 11.6 Å². The number of benzene rings is 2. The lowest BCUT2D eigenvalue weighted by atomic mass is 9.50. The van der Waals surface area contributed by atoms with Crippen LogP contribution in [0, 0.1) is 23.7 Å². The lowest BCUT2D eigenvalue weighted by Crippen LogP contribution is -2.69. The zero-order valence-corrected chi connectivity index (χ0v) is 24.2. The van der Waals surface area contributed by atoms with Gasteiger partial charge in [0.05, 0.1) is 11.6 Å². The van der Waals surface area contributed by atoms with Crippen LogP contribution in [0.15, 0.2) is 30.3 Å². The van der Waals surface area contributed by atoms with Crippen LogP contribution in [-0.2, 0) is 22.8 Å². The Labute approximate surface area is 244 Å². The molecule has 2 bridgehead atoms. The molecule has 2 saturated carbocycles. The topological polar surface area (TPSA) is 56.3 Å². The maximum atomic E-state index is 13.4. The van der Waals surface area contributed by atoms with E-state index >= 15 is 0 Å². The number of aromatic hydroxyl groups is 1. The summed E-state index contributed by atoms with van der Waals surface area (Å²) in [7, 11) is 5.77. The van der Waals surface area contributed by atoms with E-state index in [0.717, 1.165) is 68.1 Å². The number of nitrogens with zero attached hydrogens (tertiary/aromatic N) is 3. The number of hydrogen-bond donors (Lipinski definition) is 1. The molecule has 0 aromatic heterocycles. The molecular formula is C33H36F3N3O3. The number of amides is 1. The van der Waals surface area contributed by atoms with Gasteiger partial charge in [-0.3, -0.25) is 9.69 Å². The van der Waals surface area contributed by atoms with Gasteiger partial charge in [-0.2, -0.15) is 13.2 Å². The molecule has 6 nitrogen and oxygen atoms in total. The molecule has 1 spiro atoms. The number of likely N-dealkylation sites (tertiary alicyclic amines) is 1. The van der Waals surface area contributed by atoms with Gasteiger partial charge in [0.15, 0.2) is 11.5 Å². The van der Waals surface area contributed by atoms with Crippen LogP contribution >= 0.6 is 0 Å². The molecular weight excluding hydrogens is 543 g/mol. The van der Waals surface area contributed by atoms with E-state index in [1.54, 1.807) is 11.9 Å². The summed E-state index contributed by atoms with van der Waals surface area (Å²) >= 11 is 0.